The molecule has 0 saturated heterocycles. The zero-order valence-corrected chi connectivity index (χ0v) is 13.0. The molecule has 0 heterocycles. The number of Topliss-reactive ketones (excluding diaryl/α,β-unsaturated/α-hetero) is 1. The predicted octanol–water partition coefficient (Wildman–Crippen LogP) is 4.70. The van der Waals surface area contributed by atoms with Crippen LogP contribution < -0.4 is 0 Å². The van der Waals surface area contributed by atoms with E-state index in [9.17, 15) is 18.0 Å². The molecule has 0 bridgehead atoms. The van der Waals surface area contributed by atoms with Crippen molar-refractivity contribution in [2.45, 2.75) is 22.2 Å². The van der Waals surface area contributed by atoms with Crippen LogP contribution in [0.4, 0.5) is 13.2 Å². The first-order valence-electron chi connectivity index (χ1n) is 4.87. The number of benzene rings is 1. The van der Waals surface area contributed by atoms with Crippen molar-refractivity contribution in [1.29, 1.82) is 0 Å². The fraction of sp³-hybridized carbons (Fsp3) is 0.364. The second-order valence-corrected chi connectivity index (χ2v) is 5.70. The lowest BCUT2D eigenvalue weighted by atomic mass is 10.1. The Morgan fingerprint density at radius 1 is 1.28 bits per heavy atom. The Morgan fingerprint density at radius 2 is 1.94 bits per heavy atom. The number of carbonyl (C=O) groups excluding carboxylic acids is 1. The lowest BCUT2D eigenvalue weighted by Gasteiger charge is -2.11. The highest BCUT2D eigenvalue weighted by molar-refractivity contribution is 9.09. The van der Waals surface area contributed by atoms with Crippen molar-refractivity contribution in [1.82, 2.24) is 0 Å². The fourth-order valence-electron chi connectivity index (χ4n) is 1.34. The second kappa shape index (κ2) is 6.96. The third-order valence-electron chi connectivity index (χ3n) is 2.04. The van der Waals surface area contributed by atoms with Crippen molar-refractivity contribution in [3.63, 3.8) is 0 Å². The molecule has 1 nitrogen and oxygen atoms in total. The van der Waals surface area contributed by atoms with Gasteiger partial charge in [0, 0.05) is 16.6 Å². The minimum absolute atomic E-state index is 0.00447. The highest BCUT2D eigenvalue weighted by atomic mass is 79.9. The predicted molar refractivity (Wildman–Crippen MR) is 73.5 cm³/mol. The molecule has 1 aromatic rings. The average Bonchev–Trinajstić information content (AvgIpc) is 2.29. The number of hydrogen-bond acceptors (Lipinski definition) is 2. The summed E-state index contributed by atoms with van der Waals surface area (Å²) in [6, 6.07) is 4.65. The molecule has 0 fully saturated rings. The zero-order chi connectivity index (χ0) is 13.8. The first-order chi connectivity index (χ1) is 8.35. The molecule has 1 aromatic carbocycles. The number of hydrogen-bond donors (Lipinski definition) is 0. The van der Waals surface area contributed by atoms with Gasteiger partial charge in [-0.3, -0.25) is 4.79 Å². The van der Waals surface area contributed by atoms with E-state index in [4.69, 9.17) is 0 Å². The summed E-state index contributed by atoms with van der Waals surface area (Å²) >= 11 is 6.06. The van der Waals surface area contributed by atoms with E-state index in [0.29, 0.717) is 10.9 Å². The number of ketones is 1. The van der Waals surface area contributed by atoms with Crippen molar-refractivity contribution >= 4 is 49.4 Å². The van der Waals surface area contributed by atoms with Crippen LogP contribution in [0.3, 0.4) is 0 Å². The van der Waals surface area contributed by atoms with Gasteiger partial charge in [0.1, 0.15) is 5.78 Å². The maximum absolute atomic E-state index is 12.4. The van der Waals surface area contributed by atoms with E-state index >= 15 is 0 Å². The number of thioether (sulfide) groups is 1. The van der Waals surface area contributed by atoms with Crippen molar-refractivity contribution in [3.8, 4) is 0 Å². The first-order valence-corrected chi connectivity index (χ1v) is 7.93. The molecule has 0 amide bonds. The number of rotatable bonds is 5. The van der Waals surface area contributed by atoms with Crippen molar-refractivity contribution in [2.75, 3.05) is 5.33 Å². The Balaban J connectivity index is 3.04. The van der Waals surface area contributed by atoms with E-state index in [1.54, 1.807) is 12.1 Å². The van der Waals surface area contributed by atoms with Gasteiger partial charge in [-0.1, -0.05) is 44.0 Å². The van der Waals surface area contributed by atoms with Crippen LogP contribution in [0.15, 0.2) is 23.1 Å². The zero-order valence-electron chi connectivity index (χ0n) is 9.06. The summed E-state index contributed by atoms with van der Waals surface area (Å²) in [6.07, 6.45) is 0.00447. The number of carbonyl (C=O) groups is 1. The summed E-state index contributed by atoms with van der Waals surface area (Å²) in [7, 11) is 0. The maximum Gasteiger partial charge on any atom is 0.446 e. The van der Waals surface area contributed by atoms with Crippen molar-refractivity contribution in [3.05, 3.63) is 29.3 Å². The number of alkyl halides is 5. The molecular formula is C11H9Br2F3OS. The van der Waals surface area contributed by atoms with E-state index < -0.39 is 5.51 Å². The molecular weight excluding hydrogens is 397 g/mol. The summed E-state index contributed by atoms with van der Waals surface area (Å²) in [5.41, 5.74) is -3.08. The molecule has 0 aliphatic heterocycles. The van der Waals surface area contributed by atoms with E-state index in [0.717, 1.165) is 5.56 Å². The van der Waals surface area contributed by atoms with E-state index in [-0.39, 0.29) is 34.2 Å². The van der Waals surface area contributed by atoms with E-state index in [1.807, 2.05) is 0 Å². The molecule has 0 atom stereocenters. The molecule has 0 saturated carbocycles. The van der Waals surface area contributed by atoms with Gasteiger partial charge < -0.3 is 0 Å². The molecule has 0 spiro atoms. The molecule has 1 rings (SSSR count). The minimum atomic E-state index is -4.35. The minimum Gasteiger partial charge on any atom is -0.298 e. The average molecular weight is 406 g/mol. The summed E-state index contributed by atoms with van der Waals surface area (Å²) in [4.78, 5) is 11.4. The normalized spacial score (nSPS) is 11.6. The Kier molecular flexibility index (Phi) is 6.20. The standard InChI is InChI=1S/C11H9Br2F3OS/c12-5-7-1-2-10(18-11(14,15)16)8(3-7)4-9(17)6-13/h1-3H,4-6H2. The summed E-state index contributed by atoms with van der Waals surface area (Å²) in [5, 5.41) is 0.682. The molecule has 0 aliphatic rings. The van der Waals surface area contributed by atoms with Gasteiger partial charge in [-0.25, -0.2) is 0 Å². The van der Waals surface area contributed by atoms with Gasteiger partial charge in [0.15, 0.2) is 0 Å². The summed E-state index contributed by atoms with van der Waals surface area (Å²) < 4.78 is 37.1. The van der Waals surface area contributed by atoms with E-state index in [1.165, 1.54) is 6.07 Å². The van der Waals surface area contributed by atoms with E-state index in [2.05, 4.69) is 31.9 Å². The molecule has 18 heavy (non-hydrogen) atoms. The number of halogens is 5. The Labute approximate surface area is 124 Å². The molecule has 0 N–H and O–H groups in total. The lowest BCUT2D eigenvalue weighted by molar-refractivity contribution is -0.115. The Bertz CT molecular complexity index is 435. The van der Waals surface area contributed by atoms with Crippen LogP contribution in [0.5, 0.6) is 0 Å². The van der Waals surface area contributed by atoms with Crippen LogP contribution in [0, 0.1) is 0 Å². The van der Waals surface area contributed by atoms with Crippen LogP contribution in [-0.2, 0) is 16.5 Å². The van der Waals surface area contributed by atoms with Gasteiger partial charge in [-0.2, -0.15) is 13.2 Å². The van der Waals surface area contributed by atoms with Crippen LogP contribution in [0.2, 0.25) is 0 Å². The van der Waals surface area contributed by atoms with Gasteiger partial charge in [-0.05, 0) is 29.0 Å². The molecule has 0 aliphatic carbocycles. The quantitative estimate of drug-likeness (QED) is 0.521. The first kappa shape index (κ1) is 16.0. The Hall–Kier alpha value is -0.0100. The summed E-state index contributed by atoms with van der Waals surface area (Å²) in [6.45, 7) is 0. The third kappa shape index (κ3) is 5.32. The van der Waals surface area contributed by atoms with Gasteiger partial charge in [0.2, 0.25) is 0 Å². The largest absolute Gasteiger partial charge is 0.446 e. The highest BCUT2D eigenvalue weighted by Gasteiger charge is 2.30. The van der Waals surface area contributed by atoms with Gasteiger partial charge >= 0.3 is 5.51 Å². The van der Waals surface area contributed by atoms with Crippen LogP contribution in [0.25, 0.3) is 0 Å². The molecule has 0 radical (unpaired) electrons. The summed E-state index contributed by atoms with van der Waals surface area (Å²) in [5.74, 6) is -0.147. The fourth-order valence-corrected chi connectivity index (χ4v) is 2.53. The highest BCUT2D eigenvalue weighted by Crippen LogP contribution is 2.39. The van der Waals surface area contributed by atoms with Gasteiger partial charge in [0.05, 0.1) is 5.33 Å². The molecule has 0 aromatic heterocycles. The monoisotopic (exact) mass is 404 g/mol. The van der Waals surface area contributed by atoms with Gasteiger partial charge in [0.25, 0.3) is 0 Å². The Morgan fingerprint density at radius 3 is 2.44 bits per heavy atom. The maximum atomic E-state index is 12.4. The molecule has 100 valence electrons. The van der Waals surface area contributed by atoms with Crippen LogP contribution >= 0.6 is 43.6 Å². The van der Waals surface area contributed by atoms with Gasteiger partial charge in [-0.15, -0.1) is 0 Å². The second-order valence-electron chi connectivity index (χ2n) is 3.47. The smallest absolute Gasteiger partial charge is 0.298 e. The van der Waals surface area contributed by atoms with Crippen LogP contribution in [0.1, 0.15) is 11.1 Å². The molecule has 7 heteroatoms. The third-order valence-corrected chi connectivity index (χ3v) is 4.16. The molecule has 0 unspecified atom stereocenters. The lowest BCUT2D eigenvalue weighted by Crippen LogP contribution is -2.07. The van der Waals surface area contributed by atoms with Crippen LogP contribution in [-0.4, -0.2) is 16.6 Å². The van der Waals surface area contributed by atoms with Crippen molar-refractivity contribution in [2.24, 2.45) is 0 Å². The topological polar surface area (TPSA) is 17.1 Å². The van der Waals surface area contributed by atoms with Crippen molar-refractivity contribution < 1.29 is 18.0 Å². The SMILES string of the molecule is O=C(CBr)Cc1cc(CBr)ccc1SC(F)(F)F.